The molecule has 0 heterocycles. The molecule has 0 aliphatic heterocycles. The van der Waals surface area contributed by atoms with Crippen LogP contribution in [0.3, 0.4) is 0 Å². The summed E-state index contributed by atoms with van der Waals surface area (Å²) in [7, 11) is 0. The molecular weight excluding hydrogens is 422 g/mol. The maximum atomic E-state index is 12.5. The average Bonchev–Trinajstić information content (AvgIpc) is 2.65. The van der Waals surface area contributed by atoms with Crippen LogP contribution in [-0.4, -0.2) is 70.4 Å². The lowest BCUT2D eigenvalue weighted by Gasteiger charge is -2.24. The molecule has 0 aliphatic rings. The number of amides is 4. The molecular formula is C16H29N5O6S2. The van der Waals surface area contributed by atoms with Gasteiger partial charge in [0.15, 0.2) is 0 Å². The molecule has 4 atom stereocenters. The highest BCUT2D eigenvalue weighted by atomic mass is 32.1. The number of thiol groups is 2. The van der Waals surface area contributed by atoms with E-state index in [9.17, 15) is 24.0 Å². The van der Waals surface area contributed by atoms with E-state index in [1.165, 1.54) is 0 Å². The van der Waals surface area contributed by atoms with Crippen molar-refractivity contribution < 1.29 is 29.1 Å². The smallest absolute Gasteiger partial charge is 0.327 e. The lowest BCUT2D eigenvalue weighted by atomic mass is 10.0. The maximum Gasteiger partial charge on any atom is 0.327 e. The molecule has 0 rings (SSSR count). The van der Waals surface area contributed by atoms with E-state index in [4.69, 9.17) is 16.6 Å². The van der Waals surface area contributed by atoms with Crippen LogP contribution in [0.2, 0.25) is 0 Å². The van der Waals surface area contributed by atoms with Gasteiger partial charge in [-0.05, 0) is 12.3 Å². The standard InChI is InChI=1S/C16H29N5O6S2/c1-7(2)12(18)15(25)20-9(5-28)14(24)19-8(3-4-11(17)22)13(23)21-10(6-29)16(26)27/h7-10,12,28-29H,3-6,18H2,1-2H3,(H2,17,22)(H,19,24)(H,20,25)(H,21,23)(H,26,27). The van der Waals surface area contributed by atoms with Crippen molar-refractivity contribution in [3.05, 3.63) is 0 Å². The molecule has 13 heteroatoms. The Labute approximate surface area is 179 Å². The van der Waals surface area contributed by atoms with Crippen LogP contribution < -0.4 is 27.4 Å². The van der Waals surface area contributed by atoms with E-state index in [0.717, 1.165) is 0 Å². The Morgan fingerprint density at radius 2 is 1.31 bits per heavy atom. The fourth-order valence-electron chi connectivity index (χ4n) is 2.05. The van der Waals surface area contributed by atoms with Crippen molar-refractivity contribution in [3.63, 3.8) is 0 Å². The van der Waals surface area contributed by atoms with Gasteiger partial charge in [0.25, 0.3) is 0 Å². The molecule has 0 radical (unpaired) electrons. The summed E-state index contributed by atoms with van der Waals surface area (Å²) in [6, 6.07) is -4.48. The number of nitrogens with one attached hydrogen (secondary N) is 3. The first-order valence-corrected chi connectivity index (χ1v) is 10.1. The molecule has 0 bridgehead atoms. The minimum atomic E-state index is -1.31. The molecule has 0 spiro atoms. The molecule has 4 amide bonds. The van der Waals surface area contributed by atoms with E-state index in [-0.39, 0.29) is 30.3 Å². The quantitative estimate of drug-likeness (QED) is 0.143. The van der Waals surface area contributed by atoms with E-state index >= 15 is 0 Å². The molecule has 8 N–H and O–H groups in total. The van der Waals surface area contributed by atoms with Crippen molar-refractivity contribution >= 4 is 54.9 Å². The lowest BCUT2D eigenvalue weighted by Crippen LogP contribution is -2.58. The van der Waals surface area contributed by atoms with Gasteiger partial charge in [0.2, 0.25) is 23.6 Å². The summed E-state index contributed by atoms with van der Waals surface area (Å²) in [6.45, 7) is 3.48. The Kier molecular flexibility index (Phi) is 12.4. The fourth-order valence-corrected chi connectivity index (χ4v) is 2.55. The molecule has 0 aromatic heterocycles. The maximum absolute atomic E-state index is 12.5. The molecule has 4 unspecified atom stereocenters. The van der Waals surface area contributed by atoms with Crippen LogP contribution in [0.1, 0.15) is 26.7 Å². The van der Waals surface area contributed by atoms with E-state index in [1.807, 2.05) is 0 Å². The van der Waals surface area contributed by atoms with Crippen molar-refractivity contribution in [2.45, 2.75) is 50.9 Å². The number of primary amides is 1. The van der Waals surface area contributed by atoms with Crippen LogP contribution in [0.15, 0.2) is 0 Å². The highest BCUT2D eigenvalue weighted by Gasteiger charge is 2.30. The van der Waals surface area contributed by atoms with Gasteiger partial charge < -0.3 is 32.5 Å². The number of nitrogens with two attached hydrogens (primary N) is 2. The third kappa shape index (κ3) is 9.85. The normalized spacial score (nSPS) is 15.0. The number of carbonyl (C=O) groups excluding carboxylic acids is 4. The van der Waals surface area contributed by atoms with Crippen molar-refractivity contribution in [2.24, 2.45) is 17.4 Å². The van der Waals surface area contributed by atoms with Crippen LogP contribution >= 0.6 is 25.3 Å². The molecule has 0 aromatic carbocycles. The van der Waals surface area contributed by atoms with Crippen molar-refractivity contribution in [1.29, 1.82) is 0 Å². The number of carboxylic acid groups (broad SMARTS) is 1. The second-order valence-corrected chi connectivity index (χ2v) is 7.39. The summed E-state index contributed by atoms with van der Waals surface area (Å²) in [5, 5.41) is 16.1. The average molecular weight is 452 g/mol. The van der Waals surface area contributed by atoms with Gasteiger partial charge in [-0.3, -0.25) is 19.2 Å². The number of carbonyl (C=O) groups is 5. The molecule has 166 valence electrons. The van der Waals surface area contributed by atoms with Crippen molar-refractivity contribution in [1.82, 2.24) is 16.0 Å². The second-order valence-electron chi connectivity index (χ2n) is 6.66. The van der Waals surface area contributed by atoms with Gasteiger partial charge in [-0.25, -0.2) is 4.79 Å². The van der Waals surface area contributed by atoms with Crippen LogP contribution in [0.5, 0.6) is 0 Å². The van der Waals surface area contributed by atoms with Crippen LogP contribution in [0, 0.1) is 5.92 Å². The molecule has 11 nitrogen and oxygen atoms in total. The molecule has 29 heavy (non-hydrogen) atoms. The van der Waals surface area contributed by atoms with Crippen molar-refractivity contribution in [3.8, 4) is 0 Å². The van der Waals surface area contributed by atoms with Gasteiger partial charge in [0, 0.05) is 17.9 Å². The summed E-state index contributed by atoms with van der Waals surface area (Å²) >= 11 is 7.87. The molecule has 0 saturated carbocycles. The molecule has 0 aromatic rings. The van der Waals surface area contributed by atoms with Gasteiger partial charge in [-0.2, -0.15) is 25.3 Å². The summed E-state index contributed by atoms with van der Waals surface area (Å²) < 4.78 is 0. The number of rotatable bonds is 13. The number of hydrogen-bond donors (Lipinski definition) is 8. The Bertz CT molecular complexity index is 619. The summed E-state index contributed by atoms with van der Waals surface area (Å²) in [5.41, 5.74) is 10.8. The summed E-state index contributed by atoms with van der Waals surface area (Å²) in [6.07, 6.45) is -0.391. The van der Waals surface area contributed by atoms with Gasteiger partial charge >= 0.3 is 5.97 Å². The van der Waals surface area contributed by atoms with Gasteiger partial charge in [-0.1, -0.05) is 13.8 Å². The molecule has 0 saturated heterocycles. The number of hydrogen-bond acceptors (Lipinski definition) is 8. The zero-order valence-corrected chi connectivity index (χ0v) is 18.0. The summed E-state index contributed by atoms with van der Waals surface area (Å²) in [5.74, 6) is -4.58. The van der Waals surface area contributed by atoms with E-state index in [0.29, 0.717) is 0 Å². The zero-order chi connectivity index (χ0) is 22.7. The SMILES string of the molecule is CC(C)C(N)C(=O)NC(CS)C(=O)NC(CCC(N)=O)C(=O)NC(CS)C(=O)O. The van der Waals surface area contributed by atoms with E-state index < -0.39 is 53.8 Å². The Hall–Kier alpha value is -1.99. The van der Waals surface area contributed by atoms with E-state index in [2.05, 4.69) is 41.2 Å². The predicted molar refractivity (Wildman–Crippen MR) is 112 cm³/mol. The molecule has 0 fully saturated rings. The first-order valence-electron chi connectivity index (χ1n) is 8.84. The number of carboxylic acids is 1. The van der Waals surface area contributed by atoms with Gasteiger partial charge in [-0.15, -0.1) is 0 Å². The van der Waals surface area contributed by atoms with E-state index in [1.54, 1.807) is 13.8 Å². The van der Waals surface area contributed by atoms with Crippen LogP contribution in [-0.2, 0) is 24.0 Å². The van der Waals surface area contributed by atoms with Crippen LogP contribution in [0.4, 0.5) is 0 Å². The number of aliphatic carboxylic acids is 1. The predicted octanol–water partition coefficient (Wildman–Crippen LogP) is -2.37. The third-order valence-corrected chi connectivity index (χ3v) is 4.68. The third-order valence-electron chi connectivity index (χ3n) is 3.95. The highest BCUT2D eigenvalue weighted by Crippen LogP contribution is 2.03. The Balaban J connectivity index is 5.24. The van der Waals surface area contributed by atoms with Gasteiger partial charge in [0.05, 0.1) is 6.04 Å². The summed E-state index contributed by atoms with van der Waals surface area (Å²) in [4.78, 5) is 59.1. The van der Waals surface area contributed by atoms with Crippen molar-refractivity contribution in [2.75, 3.05) is 11.5 Å². The zero-order valence-electron chi connectivity index (χ0n) is 16.3. The minimum absolute atomic E-state index is 0.0824. The first-order chi connectivity index (χ1) is 13.4. The lowest BCUT2D eigenvalue weighted by molar-refractivity contribution is -0.141. The molecule has 0 aliphatic carbocycles. The Morgan fingerprint density at radius 1 is 0.862 bits per heavy atom. The highest BCUT2D eigenvalue weighted by molar-refractivity contribution is 7.80. The Morgan fingerprint density at radius 3 is 1.72 bits per heavy atom. The fraction of sp³-hybridized carbons (Fsp3) is 0.688. The largest absolute Gasteiger partial charge is 0.480 e. The second kappa shape index (κ2) is 13.3. The topological polar surface area (TPSA) is 194 Å². The monoisotopic (exact) mass is 451 g/mol. The van der Waals surface area contributed by atoms with Gasteiger partial charge in [0.1, 0.15) is 18.1 Å². The first kappa shape index (κ1) is 27.0. The minimum Gasteiger partial charge on any atom is -0.480 e. The van der Waals surface area contributed by atoms with Crippen LogP contribution in [0.25, 0.3) is 0 Å².